The van der Waals surface area contributed by atoms with Gasteiger partial charge in [-0.25, -0.2) is 4.98 Å². The highest BCUT2D eigenvalue weighted by molar-refractivity contribution is 6.36. The molecular weight excluding hydrogens is 517 g/mol. The Morgan fingerprint density at radius 1 is 0.921 bits per heavy atom. The van der Waals surface area contributed by atoms with Gasteiger partial charge in [-0.1, -0.05) is 83.4 Å². The molecule has 0 bridgehead atoms. The zero-order valence-electron chi connectivity index (χ0n) is 20.9. The van der Waals surface area contributed by atoms with E-state index >= 15 is 0 Å². The van der Waals surface area contributed by atoms with E-state index in [-0.39, 0.29) is 23.0 Å². The van der Waals surface area contributed by atoms with Gasteiger partial charge in [0, 0.05) is 11.6 Å². The second-order valence-corrected chi connectivity index (χ2v) is 10.0. The number of amides is 1. The van der Waals surface area contributed by atoms with Gasteiger partial charge in [0.2, 0.25) is 0 Å². The molecule has 7 heteroatoms. The van der Waals surface area contributed by atoms with E-state index in [0.29, 0.717) is 33.0 Å². The van der Waals surface area contributed by atoms with Gasteiger partial charge < -0.3 is 4.90 Å². The Labute approximate surface area is 230 Å². The number of nitrogens with zero attached hydrogens (tertiary/aromatic N) is 3. The van der Waals surface area contributed by atoms with Crippen LogP contribution in [0.1, 0.15) is 40.3 Å². The Morgan fingerprint density at radius 3 is 2.32 bits per heavy atom. The van der Waals surface area contributed by atoms with Crippen LogP contribution < -0.4 is 5.56 Å². The van der Waals surface area contributed by atoms with Crippen molar-refractivity contribution in [2.45, 2.75) is 26.4 Å². The lowest BCUT2D eigenvalue weighted by Crippen LogP contribution is -2.37. The maximum atomic E-state index is 14.0. The summed E-state index contributed by atoms with van der Waals surface area (Å²) >= 11 is 12.6. The topological polar surface area (TPSA) is 55.2 Å². The van der Waals surface area contributed by atoms with Gasteiger partial charge >= 0.3 is 0 Å². The third-order valence-corrected chi connectivity index (χ3v) is 7.10. The van der Waals surface area contributed by atoms with Crippen molar-refractivity contribution in [3.8, 4) is 5.69 Å². The molecular formula is C31H25Cl2N3O2. The monoisotopic (exact) mass is 541 g/mol. The Morgan fingerprint density at radius 2 is 1.61 bits per heavy atom. The summed E-state index contributed by atoms with van der Waals surface area (Å²) < 4.78 is 1.60. The van der Waals surface area contributed by atoms with E-state index in [9.17, 15) is 9.59 Å². The van der Waals surface area contributed by atoms with Gasteiger partial charge in [-0.05, 0) is 61.9 Å². The molecule has 5 aromatic rings. The average Bonchev–Trinajstić information content (AvgIpc) is 2.92. The molecule has 1 unspecified atom stereocenters. The molecule has 0 N–H and O–H groups in total. The second-order valence-electron chi connectivity index (χ2n) is 9.18. The van der Waals surface area contributed by atoms with Crippen LogP contribution in [0.15, 0.2) is 102 Å². The van der Waals surface area contributed by atoms with Crippen LogP contribution in [-0.4, -0.2) is 20.4 Å². The van der Waals surface area contributed by atoms with Crippen LogP contribution >= 0.6 is 23.2 Å². The zero-order valence-corrected chi connectivity index (χ0v) is 22.4. The number of carbonyl (C=O) groups is 1. The maximum absolute atomic E-state index is 14.0. The Hall–Kier alpha value is -3.93. The van der Waals surface area contributed by atoms with Crippen LogP contribution in [-0.2, 0) is 6.54 Å². The predicted molar refractivity (Wildman–Crippen MR) is 153 cm³/mol. The number of carbonyl (C=O) groups excluding carboxylic acids is 1. The molecule has 5 rings (SSSR count). The maximum Gasteiger partial charge on any atom is 0.266 e. The highest BCUT2D eigenvalue weighted by Gasteiger charge is 2.29. The van der Waals surface area contributed by atoms with E-state index in [1.54, 1.807) is 33.7 Å². The summed E-state index contributed by atoms with van der Waals surface area (Å²) in [6.45, 7) is 4.16. The lowest BCUT2D eigenvalue weighted by molar-refractivity contribution is 0.0664. The van der Waals surface area contributed by atoms with Crippen LogP contribution in [0, 0.1) is 6.92 Å². The van der Waals surface area contributed by atoms with Crippen LogP contribution in [0.5, 0.6) is 0 Å². The van der Waals surface area contributed by atoms with Crippen molar-refractivity contribution < 1.29 is 4.79 Å². The molecule has 0 saturated heterocycles. The summed E-state index contributed by atoms with van der Waals surface area (Å²) in [6.07, 6.45) is 0. The smallest absolute Gasteiger partial charge is 0.266 e. The third kappa shape index (κ3) is 5.08. The van der Waals surface area contributed by atoms with Crippen molar-refractivity contribution in [1.29, 1.82) is 0 Å². The Balaban J connectivity index is 1.71. The minimum absolute atomic E-state index is 0.196. The van der Waals surface area contributed by atoms with E-state index in [4.69, 9.17) is 28.2 Å². The molecule has 1 heterocycles. The Bertz CT molecular complexity index is 1680. The molecule has 0 saturated carbocycles. The quantitative estimate of drug-likeness (QED) is 0.225. The van der Waals surface area contributed by atoms with Crippen LogP contribution in [0.2, 0.25) is 10.0 Å². The highest BCUT2D eigenvalue weighted by Crippen LogP contribution is 2.29. The van der Waals surface area contributed by atoms with Crippen molar-refractivity contribution in [3.63, 3.8) is 0 Å². The van der Waals surface area contributed by atoms with Gasteiger partial charge in [0.25, 0.3) is 11.5 Å². The molecule has 0 fully saturated rings. The number of hydrogen-bond acceptors (Lipinski definition) is 3. The van der Waals surface area contributed by atoms with Gasteiger partial charge in [0.15, 0.2) is 0 Å². The molecule has 1 atom stereocenters. The summed E-state index contributed by atoms with van der Waals surface area (Å²) in [5, 5.41) is 1.21. The molecule has 0 aliphatic heterocycles. The molecule has 38 heavy (non-hydrogen) atoms. The van der Waals surface area contributed by atoms with E-state index in [1.807, 2.05) is 86.6 Å². The van der Waals surface area contributed by atoms with Gasteiger partial charge in [0.05, 0.1) is 33.2 Å². The van der Waals surface area contributed by atoms with Gasteiger partial charge in [0.1, 0.15) is 5.82 Å². The second kappa shape index (κ2) is 10.8. The SMILES string of the molecule is Cc1ccc(-n2c(C(C)N(Cc3ccccc3)C(=O)c3ccc(Cl)cc3Cl)nc3ccccc3c2=O)cc1. The van der Waals surface area contributed by atoms with Crippen molar-refractivity contribution >= 4 is 40.0 Å². The van der Waals surface area contributed by atoms with Crippen molar-refractivity contribution in [3.05, 3.63) is 140 Å². The molecule has 0 spiro atoms. The van der Waals surface area contributed by atoms with Crippen LogP contribution in [0.25, 0.3) is 16.6 Å². The first-order valence-electron chi connectivity index (χ1n) is 12.2. The molecule has 190 valence electrons. The van der Waals surface area contributed by atoms with E-state index in [0.717, 1.165) is 11.1 Å². The zero-order chi connectivity index (χ0) is 26.8. The third-order valence-electron chi connectivity index (χ3n) is 6.55. The molecule has 0 radical (unpaired) electrons. The van der Waals surface area contributed by atoms with Crippen molar-refractivity contribution in [1.82, 2.24) is 14.5 Å². The number of hydrogen-bond donors (Lipinski definition) is 0. The van der Waals surface area contributed by atoms with Crippen LogP contribution in [0.3, 0.4) is 0 Å². The predicted octanol–water partition coefficient (Wildman–Crippen LogP) is 7.40. The fraction of sp³-hybridized carbons (Fsp3) is 0.129. The number of aromatic nitrogens is 2. The number of rotatable bonds is 6. The van der Waals surface area contributed by atoms with E-state index in [2.05, 4.69) is 0 Å². The minimum atomic E-state index is -0.590. The first kappa shape index (κ1) is 25.7. The molecule has 1 amide bonds. The summed E-state index contributed by atoms with van der Waals surface area (Å²) in [6, 6.07) is 28.8. The van der Waals surface area contributed by atoms with Crippen LogP contribution in [0.4, 0.5) is 0 Å². The first-order valence-corrected chi connectivity index (χ1v) is 13.0. The minimum Gasteiger partial charge on any atom is -0.324 e. The lowest BCUT2D eigenvalue weighted by Gasteiger charge is -2.31. The average molecular weight is 542 g/mol. The van der Waals surface area contributed by atoms with E-state index < -0.39 is 6.04 Å². The summed E-state index contributed by atoms with van der Waals surface area (Å²) in [4.78, 5) is 34.5. The highest BCUT2D eigenvalue weighted by atomic mass is 35.5. The fourth-order valence-electron chi connectivity index (χ4n) is 4.50. The number of halogens is 2. The van der Waals surface area contributed by atoms with Crippen molar-refractivity contribution in [2.24, 2.45) is 0 Å². The molecule has 0 aliphatic rings. The van der Waals surface area contributed by atoms with Gasteiger partial charge in [-0.15, -0.1) is 0 Å². The van der Waals surface area contributed by atoms with Gasteiger partial charge in [-0.3, -0.25) is 14.2 Å². The summed E-state index contributed by atoms with van der Waals surface area (Å²) in [5.74, 6) is 0.160. The normalized spacial score (nSPS) is 11.9. The van der Waals surface area contributed by atoms with Gasteiger partial charge in [-0.2, -0.15) is 0 Å². The lowest BCUT2D eigenvalue weighted by atomic mass is 10.1. The van der Waals surface area contributed by atoms with Crippen molar-refractivity contribution in [2.75, 3.05) is 0 Å². The number of para-hydroxylation sites is 1. The molecule has 5 nitrogen and oxygen atoms in total. The largest absolute Gasteiger partial charge is 0.324 e. The van der Waals surface area contributed by atoms with E-state index in [1.165, 1.54) is 0 Å². The summed E-state index contributed by atoms with van der Waals surface area (Å²) in [7, 11) is 0. The Kier molecular flexibility index (Phi) is 7.32. The molecule has 0 aliphatic carbocycles. The number of aryl methyl sites for hydroxylation is 1. The number of fused-ring (bicyclic) bond motifs is 1. The number of benzene rings is 4. The molecule has 4 aromatic carbocycles. The first-order chi connectivity index (χ1) is 18.3. The molecule has 1 aromatic heterocycles. The fourth-order valence-corrected chi connectivity index (χ4v) is 4.98. The standard InChI is InChI=1S/C31H25Cl2N3O2/c1-20-12-15-24(16-13-20)36-29(34-28-11-7-6-10-26(28)31(36)38)21(2)35(19-22-8-4-3-5-9-22)30(37)25-17-14-23(32)18-27(25)33/h3-18,21H,19H2,1-2H3. The summed E-state index contributed by atoms with van der Waals surface area (Å²) in [5.41, 5.74) is 3.38.